The molecule has 2 fully saturated rings. The number of imidazole rings is 1. The summed E-state index contributed by atoms with van der Waals surface area (Å²) in [6, 6.07) is 10.4. The summed E-state index contributed by atoms with van der Waals surface area (Å²) in [5, 5.41) is 8.06. The van der Waals surface area contributed by atoms with Crippen LogP contribution < -0.4 is 5.32 Å². The number of hydrogen-bond donors (Lipinski definition) is 1. The topological polar surface area (TPSA) is 68.0 Å². The molecule has 1 amide bonds. The molecule has 2 aromatic heterocycles. The van der Waals surface area contributed by atoms with Crippen LogP contribution in [0.4, 0.5) is 0 Å². The molecule has 0 radical (unpaired) electrons. The molecule has 0 bridgehead atoms. The fourth-order valence-corrected chi connectivity index (χ4v) is 4.82. The van der Waals surface area contributed by atoms with Gasteiger partial charge in [-0.1, -0.05) is 12.1 Å². The predicted octanol–water partition coefficient (Wildman–Crippen LogP) is 3.15. The van der Waals surface area contributed by atoms with Crippen molar-refractivity contribution in [2.24, 2.45) is 0 Å². The third kappa shape index (κ3) is 3.23. The number of aromatic nitrogens is 4. The predicted molar refractivity (Wildman–Crippen MR) is 112 cm³/mol. The number of fused-ring (bicyclic) bond motifs is 1. The Morgan fingerprint density at radius 1 is 1.21 bits per heavy atom. The summed E-state index contributed by atoms with van der Waals surface area (Å²) < 4.78 is 4.21. The van der Waals surface area contributed by atoms with E-state index in [0.29, 0.717) is 11.7 Å². The van der Waals surface area contributed by atoms with Crippen LogP contribution in [0.1, 0.15) is 61.0 Å². The van der Waals surface area contributed by atoms with Gasteiger partial charge in [0.15, 0.2) is 0 Å². The van der Waals surface area contributed by atoms with E-state index in [1.54, 1.807) is 0 Å². The monoisotopic (exact) mass is 392 g/mol. The minimum Gasteiger partial charge on any atom is -0.327 e. The van der Waals surface area contributed by atoms with Gasteiger partial charge in [-0.3, -0.25) is 9.48 Å². The molecule has 0 aliphatic carbocycles. The van der Waals surface area contributed by atoms with Gasteiger partial charge >= 0.3 is 0 Å². The van der Waals surface area contributed by atoms with Crippen molar-refractivity contribution in [3.05, 3.63) is 48.0 Å². The van der Waals surface area contributed by atoms with Crippen molar-refractivity contribution >= 4 is 16.9 Å². The molecule has 1 aromatic carbocycles. The first kappa shape index (κ1) is 18.4. The largest absolute Gasteiger partial charge is 0.327 e. The number of carbonyl (C=O) groups is 1. The molecular weight excluding hydrogens is 364 g/mol. The van der Waals surface area contributed by atoms with Crippen molar-refractivity contribution in [3.63, 3.8) is 0 Å². The van der Waals surface area contributed by atoms with E-state index in [9.17, 15) is 4.79 Å². The van der Waals surface area contributed by atoms with Gasteiger partial charge in [0.25, 0.3) is 5.91 Å². The number of benzene rings is 1. The molecule has 4 heterocycles. The third-order valence-electron chi connectivity index (χ3n) is 6.28. The van der Waals surface area contributed by atoms with Crippen molar-refractivity contribution in [3.8, 4) is 0 Å². The van der Waals surface area contributed by atoms with Crippen LogP contribution in [0, 0.1) is 0 Å². The number of hydrogen-bond acceptors (Lipinski definition) is 4. The summed E-state index contributed by atoms with van der Waals surface area (Å²) in [6.07, 6.45) is 6.15. The van der Waals surface area contributed by atoms with Crippen molar-refractivity contribution in [1.82, 2.24) is 29.5 Å². The number of piperidine rings is 1. The van der Waals surface area contributed by atoms with Gasteiger partial charge in [0, 0.05) is 25.8 Å². The smallest absolute Gasteiger partial charge is 0.274 e. The molecular formula is C22H28N6O. The maximum Gasteiger partial charge on any atom is 0.274 e. The van der Waals surface area contributed by atoms with Gasteiger partial charge in [-0.05, 0) is 57.4 Å². The summed E-state index contributed by atoms with van der Waals surface area (Å²) >= 11 is 0. The van der Waals surface area contributed by atoms with E-state index in [4.69, 9.17) is 4.98 Å². The Labute approximate surface area is 170 Å². The number of nitrogens with one attached hydrogen (secondary N) is 1. The molecule has 2 saturated heterocycles. The minimum absolute atomic E-state index is 0.0105. The fourth-order valence-electron chi connectivity index (χ4n) is 4.82. The zero-order valence-corrected chi connectivity index (χ0v) is 16.9. The molecule has 2 unspecified atom stereocenters. The Morgan fingerprint density at radius 3 is 2.93 bits per heavy atom. The summed E-state index contributed by atoms with van der Waals surface area (Å²) in [7, 11) is 0. The highest BCUT2D eigenvalue weighted by molar-refractivity contribution is 5.92. The van der Waals surface area contributed by atoms with Crippen LogP contribution in [0.5, 0.6) is 0 Å². The molecule has 0 saturated carbocycles. The normalized spacial score (nSPS) is 22.4. The lowest BCUT2D eigenvalue weighted by atomic mass is 10.1. The van der Waals surface area contributed by atoms with Crippen LogP contribution in [0.3, 0.4) is 0 Å². The van der Waals surface area contributed by atoms with E-state index < -0.39 is 0 Å². The Bertz CT molecular complexity index is 1020. The summed E-state index contributed by atoms with van der Waals surface area (Å²) in [5.41, 5.74) is 2.68. The lowest BCUT2D eigenvalue weighted by Gasteiger charge is -2.25. The first-order chi connectivity index (χ1) is 14.3. The average molecular weight is 393 g/mol. The molecule has 1 N–H and O–H groups in total. The Balaban J connectivity index is 1.42. The lowest BCUT2D eigenvalue weighted by molar-refractivity contribution is 0.0720. The van der Waals surface area contributed by atoms with Gasteiger partial charge in [0.2, 0.25) is 0 Å². The molecule has 7 nitrogen and oxygen atoms in total. The number of carbonyl (C=O) groups excluding carboxylic acids is 1. The molecule has 2 aliphatic rings. The lowest BCUT2D eigenvalue weighted by Crippen LogP contribution is -2.33. The van der Waals surface area contributed by atoms with Gasteiger partial charge < -0.3 is 14.8 Å². The Kier molecular flexibility index (Phi) is 4.83. The molecule has 2 atom stereocenters. The third-order valence-corrected chi connectivity index (χ3v) is 6.28. The molecule has 0 spiro atoms. The molecule has 152 valence electrons. The van der Waals surface area contributed by atoms with Crippen molar-refractivity contribution < 1.29 is 4.79 Å². The van der Waals surface area contributed by atoms with Crippen molar-refractivity contribution in [2.75, 3.05) is 19.6 Å². The van der Waals surface area contributed by atoms with Gasteiger partial charge in [-0.15, -0.1) is 0 Å². The SMILES string of the molecule is CCn1c(C2CCCN2C(=O)c2ccn(C3CCCNC3)n2)nc2ccccc21. The molecule has 29 heavy (non-hydrogen) atoms. The minimum atomic E-state index is 0.0105. The van der Waals surface area contributed by atoms with Crippen molar-refractivity contribution in [1.29, 1.82) is 0 Å². The van der Waals surface area contributed by atoms with E-state index >= 15 is 0 Å². The van der Waals surface area contributed by atoms with E-state index in [1.807, 2.05) is 40.0 Å². The highest BCUT2D eigenvalue weighted by Gasteiger charge is 2.35. The second kappa shape index (κ2) is 7.63. The van der Waals surface area contributed by atoms with Crippen LogP contribution in [0.2, 0.25) is 0 Å². The van der Waals surface area contributed by atoms with Crippen LogP contribution in [0.25, 0.3) is 11.0 Å². The zero-order chi connectivity index (χ0) is 19.8. The van der Waals surface area contributed by atoms with Gasteiger partial charge in [0.05, 0.1) is 23.1 Å². The fraction of sp³-hybridized carbons (Fsp3) is 0.500. The number of para-hydroxylation sites is 2. The van der Waals surface area contributed by atoms with Crippen LogP contribution in [-0.2, 0) is 6.54 Å². The Hall–Kier alpha value is -2.67. The van der Waals surface area contributed by atoms with Crippen LogP contribution in [0.15, 0.2) is 36.5 Å². The highest BCUT2D eigenvalue weighted by atomic mass is 16.2. The van der Waals surface area contributed by atoms with Crippen LogP contribution in [-0.4, -0.2) is 49.8 Å². The van der Waals surface area contributed by atoms with Gasteiger partial charge in [-0.2, -0.15) is 5.10 Å². The molecule has 7 heteroatoms. The van der Waals surface area contributed by atoms with E-state index in [-0.39, 0.29) is 11.9 Å². The first-order valence-corrected chi connectivity index (χ1v) is 10.8. The maximum absolute atomic E-state index is 13.3. The van der Waals surface area contributed by atoms with Gasteiger partial charge in [0.1, 0.15) is 11.5 Å². The summed E-state index contributed by atoms with van der Waals surface area (Å²) in [4.78, 5) is 20.2. The van der Waals surface area contributed by atoms with E-state index in [2.05, 4.69) is 28.0 Å². The quantitative estimate of drug-likeness (QED) is 0.741. The van der Waals surface area contributed by atoms with Gasteiger partial charge in [-0.25, -0.2) is 4.98 Å². The average Bonchev–Trinajstić information content (AvgIpc) is 3.51. The number of amides is 1. The van der Waals surface area contributed by atoms with E-state index in [1.165, 1.54) is 0 Å². The van der Waals surface area contributed by atoms with Crippen molar-refractivity contribution in [2.45, 2.75) is 51.2 Å². The number of likely N-dealkylation sites (tertiary alicyclic amines) is 1. The second-order valence-electron chi connectivity index (χ2n) is 8.04. The molecule has 2 aliphatic heterocycles. The molecule has 3 aromatic rings. The van der Waals surface area contributed by atoms with E-state index in [0.717, 1.165) is 68.7 Å². The number of aryl methyl sites for hydroxylation is 1. The Morgan fingerprint density at radius 2 is 2.10 bits per heavy atom. The highest BCUT2D eigenvalue weighted by Crippen LogP contribution is 2.34. The standard InChI is InChI=1S/C22H28N6O/c1-2-26-19-9-4-3-8-17(19)24-21(26)20-10-6-13-27(20)22(29)18-11-14-28(25-18)16-7-5-12-23-15-16/h3-4,8-9,11,14,16,20,23H,2,5-7,10,12-13,15H2,1H3. The number of rotatable bonds is 4. The van der Waals surface area contributed by atoms with Crippen LogP contribution >= 0.6 is 0 Å². The summed E-state index contributed by atoms with van der Waals surface area (Å²) in [5.74, 6) is 1.01. The summed E-state index contributed by atoms with van der Waals surface area (Å²) in [6.45, 7) is 5.73. The second-order valence-corrected chi connectivity index (χ2v) is 8.04. The maximum atomic E-state index is 13.3. The first-order valence-electron chi connectivity index (χ1n) is 10.8. The zero-order valence-electron chi connectivity index (χ0n) is 16.9. The number of nitrogens with zero attached hydrogens (tertiary/aromatic N) is 5. The molecule has 5 rings (SSSR count).